The fourth-order valence-electron chi connectivity index (χ4n) is 2.09. The number of anilines is 1. The molecule has 0 atom stereocenters. The van der Waals surface area contributed by atoms with Gasteiger partial charge in [-0.15, -0.1) is 0 Å². The van der Waals surface area contributed by atoms with E-state index in [9.17, 15) is 15.2 Å². The summed E-state index contributed by atoms with van der Waals surface area (Å²) in [6.07, 6.45) is 2.40. The summed E-state index contributed by atoms with van der Waals surface area (Å²) in [5.41, 5.74) is -0.724. The highest BCUT2D eigenvalue weighted by molar-refractivity contribution is 5.60. The van der Waals surface area contributed by atoms with E-state index in [1.165, 1.54) is 12.3 Å². The summed E-state index contributed by atoms with van der Waals surface area (Å²) in [7, 11) is 0. The van der Waals surface area contributed by atoms with E-state index in [0.29, 0.717) is 25.9 Å². The lowest BCUT2D eigenvalue weighted by atomic mass is 9.94. The number of nitro groups is 1. The van der Waals surface area contributed by atoms with Crippen LogP contribution in [-0.4, -0.2) is 33.7 Å². The molecule has 7 heteroatoms. The lowest BCUT2D eigenvalue weighted by molar-refractivity contribution is -0.384. The second-order valence-corrected chi connectivity index (χ2v) is 4.92. The molecule has 1 aromatic heterocycles. The van der Waals surface area contributed by atoms with Crippen LogP contribution < -0.4 is 4.90 Å². The average Bonchev–Trinajstić information content (AvgIpc) is 2.38. The summed E-state index contributed by atoms with van der Waals surface area (Å²) in [6.45, 7) is 2.77. The van der Waals surface area contributed by atoms with E-state index in [0.717, 1.165) is 0 Å². The van der Waals surface area contributed by atoms with Crippen LogP contribution in [0, 0.1) is 21.4 Å². The van der Waals surface area contributed by atoms with Gasteiger partial charge in [0.15, 0.2) is 0 Å². The predicted molar refractivity (Wildman–Crippen MR) is 67.7 cm³/mol. The van der Waals surface area contributed by atoms with Crippen molar-refractivity contribution in [2.45, 2.75) is 25.4 Å². The monoisotopic (exact) mass is 262 g/mol. The van der Waals surface area contributed by atoms with Gasteiger partial charge in [-0.25, -0.2) is 4.98 Å². The first kappa shape index (κ1) is 13.2. The van der Waals surface area contributed by atoms with E-state index in [2.05, 4.69) is 4.98 Å². The Morgan fingerprint density at radius 1 is 1.58 bits per heavy atom. The standard InChI is InChI=1S/C12H14N4O3/c1-12(17)2-4-15(5-3-12)11-10(16(18)19)6-9(7-13)8-14-11/h6,8,17H,2-5H2,1H3. The Labute approximate surface area is 110 Å². The molecule has 2 rings (SSSR count). The normalized spacial score (nSPS) is 17.8. The highest BCUT2D eigenvalue weighted by atomic mass is 16.6. The number of pyridine rings is 1. The lowest BCUT2D eigenvalue weighted by Crippen LogP contribution is -2.43. The number of nitriles is 1. The molecule has 1 aliphatic rings. The Morgan fingerprint density at radius 3 is 2.74 bits per heavy atom. The summed E-state index contributed by atoms with van der Waals surface area (Å²) in [6, 6.07) is 3.07. The first-order valence-electron chi connectivity index (χ1n) is 5.95. The van der Waals surface area contributed by atoms with Crippen molar-refractivity contribution in [1.29, 1.82) is 5.26 Å². The summed E-state index contributed by atoms with van der Waals surface area (Å²) < 4.78 is 0. The van der Waals surface area contributed by atoms with Gasteiger partial charge in [0.1, 0.15) is 6.07 Å². The Balaban J connectivity index is 2.30. The smallest absolute Gasteiger partial charge is 0.312 e. The molecule has 1 fully saturated rings. The Bertz CT molecular complexity index is 540. The van der Waals surface area contributed by atoms with Crippen molar-refractivity contribution in [2.24, 2.45) is 0 Å². The minimum absolute atomic E-state index is 0.166. The Kier molecular flexibility index (Phi) is 3.36. The SMILES string of the molecule is CC1(O)CCN(c2ncc(C#N)cc2[N+](=O)[O-])CC1. The largest absolute Gasteiger partial charge is 0.390 e. The van der Waals surface area contributed by atoms with Gasteiger partial charge in [-0.2, -0.15) is 5.26 Å². The molecule has 1 aliphatic heterocycles. The third-order valence-corrected chi connectivity index (χ3v) is 3.31. The third-order valence-electron chi connectivity index (χ3n) is 3.31. The van der Waals surface area contributed by atoms with Gasteiger partial charge in [-0.3, -0.25) is 10.1 Å². The van der Waals surface area contributed by atoms with Crippen LogP contribution in [-0.2, 0) is 0 Å². The van der Waals surface area contributed by atoms with Gasteiger partial charge in [0.05, 0.1) is 16.1 Å². The molecule has 19 heavy (non-hydrogen) atoms. The van der Waals surface area contributed by atoms with Crippen molar-refractivity contribution in [1.82, 2.24) is 4.98 Å². The molecule has 1 N–H and O–H groups in total. The zero-order valence-corrected chi connectivity index (χ0v) is 10.5. The van der Waals surface area contributed by atoms with Crippen LogP contribution in [0.2, 0.25) is 0 Å². The van der Waals surface area contributed by atoms with E-state index in [-0.39, 0.29) is 17.1 Å². The summed E-state index contributed by atoms with van der Waals surface area (Å²) >= 11 is 0. The molecule has 0 unspecified atom stereocenters. The molecule has 2 heterocycles. The topological polar surface area (TPSA) is 103 Å². The minimum atomic E-state index is -0.724. The summed E-state index contributed by atoms with van der Waals surface area (Å²) in [5.74, 6) is 0.263. The predicted octanol–water partition coefficient (Wildman–Crippen LogP) is 1.21. The molecular formula is C12H14N4O3. The van der Waals surface area contributed by atoms with Gasteiger partial charge in [0, 0.05) is 25.4 Å². The van der Waals surface area contributed by atoms with E-state index < -0.39 is 10.5 Å². The average molecular weight is 262 g/mol. The van der Waals surface area contributed by atoms with Crippen LogP contribution in [0.1, 0.15) is 25.3 Å². The van der Waals surface area contributed by atoms with Gasteiger partial charge in [0.2, 0.25) is 5.82 Å². The summed E-state index contributed by atoms with van der Waals surface area (Å²) in [4.78, 5) is 16.3. The van der Waals surface area contributed by atoms with E-state index in [1.54, 1.807) is 11.8 Å². The second-order valence-electron chi connectivity index (χ2n) is 4.92. The van der Waals surface area contributed by atoms with Crippen molar-refractivity contribution in [3.05, 3.63) is 27.9 Å². The van der Waals surface area contributed by atoms with E-state index in [1.807, 2.05) is 6.07 Å². The number of nitrogens with zero attached hydrogens (tertiary/aromatic N) is 4. The van der Waals surface area contributed by atoms with Crippen LogP contribution in [0.25, 0.3) is 0 Å². The van der Waals surface area contributed by atoms with Gasteiger partial charge >= 0.3 is 5.69 Å². The third kappa shape index (κ3) is 2.80. The maximum absolute atomic E-state index is 11.0. The number of piperidine rings is 1. The minimum Gasteiger partial charge on any atom is -0.390 e. The van der Waals surface area contributed by atoms with Gasteiger partial charge in [0.25, 0.3) is 0 Å². The van der Waals surface area contributed by atoms with Crippen molar-refractivity contribution < 1.29 is 10.0 Å². The molecule has 0 amide bonds. The van der Waals surface area contributed by atoms with E-state index in [4.69, 9.17) is 5.26 Å². The molecule has 0 aliphatic carbocycles. The fraction of sp³-hybridized carbons (Fsp3) is 0.500. The van der Waals surface area contributed by atoms with Crippen LogP contribution in [0.4, 0.5) is 11.5 Å². The molecule has 0 spiro atoms. The number of rotatable bonds is 2. The number of aliphatic hydroxyl groups is 1. The van der Waals surface area contributed by atoms with Crippen LogP contribution in [0.15, 0.2) is 12.3 Å². The molecule has 0 saturated carbocycles. The first-order chi connectivity index (χ1) is 8.93. The quantitative estimate of drug-likeness (QED) is 0.634. The van der Waals surface area contributed by atoms with Crippen LogP contribution in [0.5, 0.6) is 0 Å². The summed E-state index contributed by atoms with van der Waals surface area (Å²) in [5, 5.41) is 29.7. The fourth-order valence-corrected chi connectivity index (χ4v) is 2.09. The van der Waals surface area contributed by atoms with Gasteiger partial charge in [-0.05, 0) is 19.8 Å². The molecular weight excluding hydrogens is 248 g/mol. The van der Waals surface area contributed by atoms with Crippen molar-refractivity contribution >= 4 is 11.5 Å². The van der Waals surface area contributed by atoms with Gasteiger partial charge in [-0.1, -0.05) is 0 Å². The Morgan fingerprint density at radius 2 is 2.21 bits per heavy atom. The van der Waals surface area contributed by atoms with E-state index >= 15 is 0 Å². The number of aromatic nitrogens is 1. The molecule has 1 aromatic rings. The molecule has 0 aromatic carbocycles. The molecule has 0 bridgehead atoms. The first-order valence-corrected chi connectivity index (χ1v) is 5.95. The zero-order valence-electron chi connectivity index (χ0n) is 10.5. The molecule has 100 valence electrons. The van der Waals surface area contributed by atoms with Crippen LogP contribution >= 0.6 is 0 Å². The van der Waals surface area contributed by atoms with Crippen LogP contribution in [0.3, 0.4) is 0 Å². The zero-order chi connectivity index (χ0) is 14.0. The number of hydrogen-bond acceptors (Lipinski definition) is 6. The van der Waals surface area contributed by atoms with Gasteiger partial charge < -0.3 is 10.0 Å². The highest BCUT2D eigenvalue weighted by Crippen LogP contribution is 2.31. The highest BCUT2D eigenvalue weighted by Gasteiger charge is 2.31. The molecule has 7 nitrogen and oxygen atoms in total. The van der Waals surface area contributed by atoms with Crippen molar-refractivity contribution in [2.75, 3.05) is 18.0 Å². The number of hydrogen-bond donors (Lipinski definition) is 1. The molecule has 1 saturated heterocycles. The molecule has 0 radical (unpaired) electrons. The maximum Gasteiger partial charge on any atom is 0.312 e. The van der Waals surface area contributed by atoms with Crippen molar-refractivity contribution in [3.63, 3.8) is 0 Å². The van der Waals surface area contributed by atoms with Crippen molar-refractivity contribution in [3.8, 4) is 6.07 Å². The Hall–Kier alpha value is -2.20. The lowest BCUT2D eigenvalue weighted by Gasteiger charge is -2.36. The second kappa shape index (κ2) is 4.82. The maximum atomic E-state index is 11.0.